The zero-order valence-corrected chi connectivity index (χ0v) is 5.08. The van der Waals surface area contributed by atoms with Crippen LogP contribution < -0.4 is 4.74 Å². The lowest BCUT2D eigenvalue weighted by atomic mass is 10.6. The van der Waals surface area contributed by atoms with E-state index in [0.717, 1.165) is 5.75 Å². The molecular weight excluding hydrogens is 116 g/mol. The lowest BCUT2D eigenvalue weighted by Gasteiger charge is -2.05. The van der Waals surface area contributed by atoms with E-state index in [9.17, 15) is 0 Å². The third-order valence-electron chi connectivity index (χ3n) is 0.992. The van der Waals surface area contributed by atoms with E-state index in [1.165, 1.54) is 0 Å². The maximum Gasteiger partial charge on any atom is 0.0930 e. The minimum atomic E-state index is 0.0746. The van der Waals surface area contributed by atoms with E-state index in [2.05, 4.69) is 0 Å². The molecule has 50 valence electrons. The molecule has 1 N–H and O–H groups in total. The monoisotopic (exact) mass is 125 g/mol. The van der Waals surface area contributed by atoms with Gasteiger partial charge in [-0.05, 0) is 5.75 Å². The van der Waals surface area contributed by atoms with Crippen molar-refractivity contribution < 1.29 is 9.84 Å². The van der Waals surface area contributed by atoms with Gasteiger partial charge in [0.15, 0.2) is 0 Å². The molecule has 0 aliphatic carbocycles. The van der Waals surface area contributed by atoms with Gasteiger partial charge >= 0.3 is 0 Å². The highest BCUT2D eigenvalue weighted by Gasteiger charge is 1.78. The van der Waals surface area contributed by atoms with Crippen molar-refractivity contribution in [2.24, 2.45) is 0 Å². The van der Waals surface area contributed by atoms with Crippen LogP contribution in [0.2, 0.25) is 0 Å². The highest BCUT2D eigenvalue weighted by atomic mass is 16.5. The van der Waals surface area contributed by atoms with Crippen LogP contribution in [-0.2, 0) is 0 Å². The van der Waals surface area contributed by atoms with Crippen molar-refractivity contribution in [1.82, 2.24) is 0 Å². The van der Waals surface area contributed by atoms with Crippen LogP contribution in [0.25, 0.3) is 0 Å². The van der Waals surface area contributed by atoms with Crippen LogP contribution in [-0.4, -0.2) is 18.3 Å². The zero-order chi connectivity index (χ0) is 6.53. The highest BCUT2D eigenvalue weighted by Crippen LogP contribution is 2.08. The molecule has 0 aromatic heterocycles. The summed E-state index contributed by atoms with van der Waals surface area (Å²) in [6.45, 7) is 0.454. The van der Waals surface area contributed by atoms with Crippen LogP contribution in [0.15, 0.2) is 24.3 Å². The summed E-state index contributed by atoms with van der Waals surface area (Å²) in [5.74, 6) is 0.823. The maximum absolute atomic E-state index is 8.34. The summed E-state index contributed by atoms with van der Waals surface area (Å²) in [7, 11) is 0. The largest absolute Gasteiger partial charge is 0.560 e. The molecule has 2 heteroatoms. The van der Waals surface area contributed by atoms with E-state index in [0.29, 0.717) is 6.61 Å². The van der Waals surface area contributed by atoms with Crippen LogP contribution in [0.3, 0.4) is 0 Å². The Hall–Kier alpha value is -0.890. The van der Waals surface area contributed by atoms with Gasteiger partial charge in [-0.1, -0.05) is 0 Å². The highest BCUT2D eigenvalue weighted by molar-refractivity contribution is 5.22. The lowest BCUT2D eigenvalue weighted by Crippen LogP contribution is -2.00. The molecule has 1 aromatic carbocycles. The minimum absolute atomic E-state index is 0.0746. The van der Waals surface area contributed by atoms with Crippen LogP contribution in [0.1, 0.15) is 0 Å². The maximum atomic E-state index is 8.34. The second-order valence-electron chi connectivity index (χ2n) is 1.69. The third kappa shape index (κ3) is 1.82. The number of hydrogen-bond acceptors (Lipinski definition) is 2. The fourth-order valence-corrected chi connectivity index (χ4v) is 0.616. The molecule has 9 heavy (non-hydrogen) atoms. The Balaban J connectivity index is 2.30. The van der Waals surface area contributed by atoms with Gasteiger partial charge in [-0.15, -0.1) is 6.07 Å². The second-order valence-corrected chi connectivity index (χ2v) is 1.69. The smallest absolute Gasteiger partial charge is 0.0930 e. The first kappa shape index (κ1) is 6.23. The Morgan fingerprint density at radius 3 is 3.11 bits per heavy atom. The van der Waals surface area contributed by atoms with E-state index in [4.69, 9.17) is 9.84 Å². The number of aliphatic hydroxyl groups is 1. The molecule has 0 heterocycles. The second kappa shape index (κ2) is 3.20. The summed E-state index contributed by atoms with van der Waals surface area (Å²) >= 11 is 0. The van der Waals surface area contributed by atoms with E-state index >= 15 is 0 Å². The van der Waals surface area contributed by atoms with E-state index in [-0.39, 0.29) is 6.61 Å². The van der Waals surface area contributed by atoms with Gasteiger partial charge in [-0.3, -0.25) is 0 Å². The number of hydrogen-bond donors (Lipinski definition) is 1. The number of ether oxygens (including phenoxy) is 1. The molecular formula is C7H9O2-. The molecule has 0 amide bonds. The Kier molecular flexibility index (Phi) is 2.22. The molecule has 0 saturated heterocycles. The Bertz CT molecular complexity index is 144. The van der Waals surface area contributed by atoms with Crippen LogP contribution >= 0.6 is 0 Å². The van der Waals surface area contributed by atoms with E-state index in [1.54, 1.807) is 0 Å². The average Bonchev–Trinajstić information content (AvgIpc) is 2.34. The average molecular weight is 125 g/mol. The normalized spacial score (nSPS) is 9.44. The minimum Gasteiger partial charge on any atom is -0.560 e. The first-order valence-electron chi connectivity index (χ1n) is 2.89. The van der Waals surface area contributed by atoms with Gasteiger partial charge in [0.2, 0.25) is 0 Å². The fourth-order valence-electron chi connectivity index (χ4n) is 0.616. The molecule has 2 nitrogen and oxygen atoms in total. The topological polar surface area (TPSA) is 29.5 Å². The third-order valence-corrected chi connectivity index (χ3v) is 0.992. The zero-order valence-electron chi connectivity index (χ0n) is 5.08. The lowest BCUT2D eigenvalue weighted by molar-refractivity contribution is 0.201. The van der Waals surface area contributed by atoms with Crippen molar-refractivity contribution in [3.05, 3.63) is 24.3 Å². The van der Waals surface area contributed by atoms with Crippen LogP contribution in [0.4, 0.5) is 0 Å². The van der Waals surface area contributed by atoms with Gasteiger partial charge in [0.25, 0.3) is 0 Å². The van der Waals surface area contributed by atoms with Crippen LogP contribution in [0, 0.1) is 0 Å². The van der Waals surface area contributed by atoms with Gasteiger partial charge in [0, 0.05) is 0 Å². The SMILES string of the molecule is OCCOc1cc[cH-]c1. The summed E-state index contributed by atoms with van der Waals surface area (Å²) in [5.41, 5.74) is 0. The molecule has 0 spiro atoms. The van der Waals surface area contributed by atoms with Crippen molar-refractivity contribution >= 4 is 0 Å². The molecule has 0 bridgehead atoms. The first-order chi connectivity index (χ1) is 4.43. The molecule has 1 rings (SSSR count). The van der Waals surface area contributed by atoms with E-state index < -0.39 is 0 Å². The van der Waals surface area contributed by atoms with Crippen molar-refractivity contribution in [3.63, 3.8) is 0 Å². The molecule has 0 atom stereocenters. The molecule has 0 aliphatic rings. The molecule has 0 radical (unpaired) electrons. The summed E-state index contributed by atoms with van der Waals surface area (Å²) in [6, 6.07) is 7.50. The summed E-state index contributed by atoms with van der Waals surface area (Å²) < 4.78 is 5.05. The first-order valence-corrected chi connectivity index (χ1v) is 2.89. The standard InChI is InChI=1S/C7H9O2/c8-5-6-9-7-3-1-2-4-7/h1-4,8H,5-6H2/q-1. The van der Waals surface area contributed by atoms with Crippen LogP contribution in [0.5, 0.6) is 5.75 Å². The molecule has 0 fully saturated rings. The molecule has 1 aromatic rings. The van der Waals surface area contributed by atoms with Crippen molar-refractivity contribution in [3.8, 4) is 5.75 Å². The van der Waals surface area contributed by atoms with Gasteiger partial charge in [0.05, 0.1) is 13.2 Å². The number of aliphatic hydroxyl groups excluding tert-OH is 1. The van der Waals surface area contributed by atoms with Gasteiger partial charge < -0.3 is 9.84 Å². The Morgan fingerprint density at radius 1 is 1.67 bits per heavy atom. The quantitative estimate of drug-likeness (QED) is 0.605. The number of rotatable bonds is 3. The van der Waals surface area contributed by atoms with Crippen molar-refractivity contribution in [2.75, 3.05) is 13.2 Å². The van der Waals surface area contributed by atoms with Gasteiger partial charge in [-0.25, -0.2) is 0 Å². The summed E-state index contributed by atoms with van der Waals surface area (Å²) in [5, 5.41) is 8.34. The van der Waals surface area contributed by atoms with Crippen molar-refractivity contribution in [2.45, 2.75) is 0 Å². The predicted octanol–water partition coefficient (Wildman–Crippen LogP) is 0.777. The molecule has 0 saturated carbocycles. The molecule has 0 unspecified atom stereocenters. The Labute approximate surface area is 54.1 Å². The summed E-state index contributed by atoms with van der Waals surface area (Å²) in [4.78, 5) is 0. The summed E-state index contributed by atoms with van der Waals surface area (Å²) in [6.07, 6.45) is 0. The fraction of sp³-hybridized carbons (Fsp3) is 0.286. The van der Waals surface area contributed by atoms with Crippen molar-refractivity contribution in [1.29, 1.82) is 0 Å². The predicted molar refractivity (Wildman–Crippen MR) is 34.6 cm³/mol. The van der Waals surface area contributed by atoms with E-state index in [1.807, 2.05) is 24.3 Å². The Morgan fingerprint density at radius 2 is 2.56 bits per heavy atom. The van der Waals surface area contributed by atoms with Gasteiger partial charge in [0.1, 0.15) is 0 Å². The van der Waals surface area contributed by atoms with Gasteiger partial charge in [-0.2, -0.15) is 18.2 Å². The molecule has 0 aliphatic heterocycles.